The van der Waals surface area contributed by atoms with Crippen LogP contribution in [0, 0.1) is 13.8 Å². The molecule has 0 fully saturated rings. The van der Waals surface area contributed by atoms with Crippen LogP contribution in [0.4, 0.5) is 0 Å². The van der Waals surface area contributed by atoms with Gasteiger partial charge in [-0.15, -0.1) is 10.2 Å². The van der Waals surface area contributed by atoms with Crippen molar-refractivity contribution in [3.63, 3.8) is 0 Å². The van der Waals surface area contributed by atoms with Crippen molar-refractivity contribution >= 4 is 5.96 Å². The molecule has 0 radical (unpaired) electrons. The summed E-state index contributed by atoms with van der Waals surface area (Å²) in [6.07, 6.45) is 2.26. The smallest absolute Gasteiger partial charge is 0.192 e. The Bertz CT molecular complexity index is 704. The van der Waals surface area contributed by atoms with E-state index >= 15 is 0 Å². The third-order valence-corrected chi connectivity index (χ3v) is 4.39. The molecule has 25 heavy (non-hydrogen) atoms. The van der Waals surface area contributed by atoms with Gasteiger partial charge in [-0.2, -0.15) is 0 Å². The Morgan fingerprint density at radius 2 is 2.00 bits per heavy atom. The lowest BCUT2D eigenvalue weighted by Gasteiger charge is -2.20. The van der Waals surface area contributed by atoms with Crippen LogP contribution in [0.25, 0.3) is 0 Å². The highest BCUT2D eigenvalue weighted by Crippen LogP contribution is 2.16. The maximum atomic E-state index is 4.71. The summed E-state index contributed by atoms with van der Waals surface area (Å²) in [5.41, 5.74) is 2.56. The Morgan fingerprint density at radius 1 is 1.24 bits per heavy atom. The van der Waals surface area contributed by atoms with E-state index in [4.69, 9.17) is 4.99 Å². The molecule has 6 nitrogen and oxygen atoms in total. The van der Waals surface area contributed by atoms with Gasteiger partial charge in [-0.1, -0.05) is 37.6 Å². The lowest BCUT2D eigenvalue weighted by atomic mass is 10.0. The molecule has 136 valence electrons. The van der Waals surface area contributed by atoms with Crippen LogP contribution in [-0.2, 0) is 13.6 Å². The fourth-order valence-corrected chi connectivity index (χ4v) is 2.63. The van der Waals surface area contributed by atoms with Crippen LogP contribution in [-0.4, -0.2) is 27.3 Å². The van der Waals surface area contributed by atoms with E-state index in [1.165, 1.54) is 11.1 Å². The Morgan fingerprint density at radius 3 is 2.64 bits per heavy atom. The number of hydrogen-bond acceptors (Lipinski definition) is 3. The average molecular weight is 342 g/mol. The first kappa shape index (κ1) is 19.0. The highest BCUT2D eigenvalue weighted by Gasteiger charge is 2.11. The van der Waals surface area contributed by atoms with E-state index in [0.29, 0.717) is 6.54 Å². The fraction of sp³-hybridized carbons (Fsp3) is 0.526. The average Bonchev–Trinajstić information content (AvgIpc) is 2.92. The van der Waals surface area contributed by atoms with Gasteiger partial charge in [-0.25, -0.2) is 4.99 Å². The van der Waals surface area contributed by atoms with Crippen LogP contribution in [0.15, 0.2) is 29.3 Å². The molecule has 2 N–H and O–H groups in total. The van der Waals surface area contributed by atoms with E-state index in [1.54, 1.807) is 0 Å². The molecule has 0 aliphatic carbocycles. The summed E-state index contributed by atoms with van der Waals surface area (Å²) >= 11 is 0. The van der Waals surface area contributed by atoms with Gasteiger partial charge in [0.25, 0.3) is 0 Å². The third kappa shape index (κ3) is 5.31. The van der Waals surface area contributed by atoms with Gasteiger partial charge in [0.15, 0.2) is 11.8 Å². The number of aliphatic imine (C=N–C) groups is 1. The van der Waals surface area contributed by atoms with Gasteiger partial charge >= 0.3 is 0 Å². The lowest BCUT2D eigenvalue weighted by Crippen LogP contribution is -2.39. The number of aryl methyl sites for hydroxylation is 2. The van der Waals surface area contributed by atoms with Gasteiger partial charge in [0.05, 0.1) is 6.04 Å². The molecular weight excluding hydrogens is 312 g/mol. The Kier molecular flexibility index (Phi) is 6.98. The first-order valence-corrected chi connectivity index (χ1v) is 8.98. The van der Waals surface area contributed by atoms with Gasteiger partial charge in [-0.3, -0.25) is 0 Å². The minimum Gasteiger partial charge on any atom is -0.356 e. The van der Waals surface area contributed by atoms with Crippen molar-refractivity contribution in [2.24, 2.45) is 12.0 Å². The van der Waals surface area contributed by atoms with E-state index in [-0.39, 0.29) is 6.04 Å². The summed E-state index contributed by atoms with van der Waals surface area (Å²) in [5.74, 6) is 2.56. The standard InChI is InChI=1S/C19H30N6/c1-6-7-12-20-19(21-13-18-24-23-16(4)25(18)5)22-15(3)17-11-9-8-10-14(17)2/h8-11,15H,6-7,12-13H2,1-5H3,(H2,20,21,22). The van der Waals surface area contributed by atoms with E-state index in [9.17, 15) is 0 Å². The van der Waals surface area contributed by atoms with Crippen LogP contribution in [0.3, 0.4) is 0 Å². The van der Waals surface area contributed by atoms with Crippen LogP contribution in [0.2, 0.25) is 0 Å². The SMILES string of the molecule is CCCCNC(=NCc1nnc(C)n1C)NC(C)c1ccccc1C. The topological polar surface area (TPSA) is 67.1 Å². The van der Waals surface area contributed by atoms with Gasteiger partial charge in [0.2, 0.25) is 0 Å². The summed E-state index contributed by atoms with van der Waals surface area (Å²) < 4.78 is 1.97. The zero-order chi connectivity index (χ0) is 18.2. The molecule has 0 aliphatic rings. The minimum absolute atomic E-state index is 0.176. The number of benzene rings is 1. The first-order valence-electron chi connectivity index (χ1n) is 8.98. The number of nitrogens with zero attached hydrogens (tertiary/aromatic N) is 4. The van der Waals surface area contributed by atoms with Crippen molar-refractivity contribution in [3.05, 3.63) is 47.0 Å². The molecule has 0 saturated heterocycles. The lowest BCUT2D eigenvalue weighted by molar-refractivity contribution is 0.660. The molecule has 6 heteroatoms. The third-order valence-electron chi connectivity index (χ3n) is 4.39. The van der Waals surface area contributed by atoms with Crippen molar-refractivity contribution in [1.82, 2.24) is 25.4 Å². The van der Waals surface area contributed by atoms with Crippen molar-refractivity contribution < 1.29 is 0 Å². The monoisotopic (exact) mass is 342 g/mol. The van der Waals surface area contributed by atoms with Gasteiger partial charge in [0.1, 0.15) is 12.4 Å². The summed E-state index contributed by atoms with van der Waals surface area (Å²) in [6, 6.07) is 8.61. The highest BCUT2D eigenvalue weighted by atomic mass is 15.3. The van der Waals surface area contributed by atoms with Crippen LogP contribution in [0.1, 0.15) is 55.5 Å². The second kappa shape index (κ2) is 9.20. The Balaban J connectivity index is 2.10. The predicted octanol–water partition coefficient (Wildman–Crippen LogP) is 3.03. The second-order valence-electron chi connectivity index (χ2n) is 6.39. The molecule has 1 aromatic carbocycles. The quantitative estimate of drug-likeness (QED) is 0.461. The van der Waals surface area contributed by atoms with Gasteiger partial charge in [-0.05, 0) is 38.3 Å². The summed E-state index contributed by atoms with van der Waals surface area (Å²) in [7, 11) is 1.97. The van der Waals surface area contributed by atoms with Crippen LogP contribution < -0.4 is 10.6 Å². The molecule has 2 aromatic rings. The molecule has 0 saturated carbocycles. The Labute approximate surface area is 150 Å². The number of hydrogen-bond donors (Lipinski definition) is 2. The van der Waals surface area contributed by atoms with Gasteiger partial charge in [0, 0.05) is 13.6 Å². The maximum Gasteiger partial charge on any atom is 0.192 e. The molecule has 2 rings (SSSR count). The minimum atomic E-state index is 0.176. The van der Waals surface area contributed by atoms with Crippen molar-refractivity contribution in [1.29, 1.82) is 0 Å². The van der Waals surface area contributed by atoms with E-state index in [0.717, 1.165) is 37.0 Å². The van der Waals surface area contributed by atoms with E-state index in [1.807, 2.05) is 18.5 Å². The van der Waals surface area contributed by atoms with E-state index in [2.05, 4.69) is 65.9 Å². The Hall–Kier alpha value is -2.37. The van der Waals surface area contributed by atoms with Crippen molar-refractivity contribution in [3.8, 4) is 0 Å². The summed E-state index contributed by atoms with van der Waals surface area (Å²) in [4.78, 5) is 4.71. The second-order valence-corrected chi connectivity index (χ2v) is 6.39. The molecule has 0 aliphatic heterocycles. The summed E-state index contributed by atoms with van der Waals surface area (Å²) in [5, 5.41) is 15.2. The van der Waals surface area contributed by atoms with Crippen LogP contribution in [0.5, 0.6) is 0 Å². The first-order chi connectivity index (χ1) is 12.0. The normalized spacial score (nSPS) is 12.9. The van der Waals surface area contributed by atoms with Crippen molar-refractivity contribution in [2.75, 3.05) is 6.54 Å². The largest absolute Gasteiger partial charge is 0.356 e. The van der Waals surface area contributed by atoms with Crippen molar-refractivity contribution in [2.45, 2.75) is 53.1 Å². The molecule has 1 atom stereocenters. The fourth-order valence-electron chi connectivity index (χ4n) is 2.63. The zero-order valence-electron chi connectivity index (χ0n) is 16.0. The molecule has 1 aromatic heterocycles. The predicted molar refractivity (Wildman–Crippen MR) is 103 cm³/mol. The number of rotatable bonds is 7. The van der Waals surface area contributed by atoms with Gasteiger partial charge < -0.3 is 15.2 Å². The molecule has 0 amide bonds. The van der Waals surface area contributed by atoms with Crippen LogP contribution >= 0.6 is 0 Å². The number of nitrogens with one attached hydrogen (secondary N) is 2. The highest BCUT2D eigenvalue weighted by molar-refractivity contribution is 5.80. The molecule has 0 spiro atoms. The molecule has 1 heterocycles. The summed E-state index contributed by atoms with van der Waals surface area (Å²) in [6.45, 7) is 9.83. The molecule has 0 bridgehead atoms. The van der Waals surface area contributed by atoms with E-state index < -0.39 is 0 Å². The molecule has 1 unspecified atom stereocenters. The molecular formula is C19H30N6. The number of unbranched alkanes of at least 4 members (excludes halogenated alkanes) is 1. The number of aromatic nitrogens is 3. The maximum absolute atomic E-state index is 4.71. The number of guanidine groups is 1. The zero-order valence-corrected chi connectivity index (χ0v) is 16.0.